The molecule has 0 saturated heterocycles. The quantitative estimate of drug-likeness (QED) is 0.353. The first-order valence-corrected chi connectivity index (χ1v) is 13.0. The molecule has 0 saturated carbocycles. The van der Waals surface area contributed by atoms with Crippen LogP contribution in [-0.4, -0.2) is 37.3 Å². The van der Waals surface area contributed by atoms with Gasteiger partial charge in [-0.05, 0) is 48.5 Å². The highest BCUT2D eigenvalue weighted by Gasteiger charge is 2.22. The van der Waals surface area contributed by atoms with Crippen LogP contribution in [0.1, 0.15) is 0 Å². The Bertz CT molecular complexity index is 1380. The van der Waals surface area contributed by atoms with E-state index in [0.29, 0.717) is 27.2 Å². The lowest BCUT2D eigenvalue weighted by Gasteiger charge is -2.21. The first-order valence-electron chi connectivity index (χ1n) is 9.98. The maximum atomic E-state index is 12.6. The molecular weight excluding hydrogens is 496 g/mol. The van der Waals surface area contributed by atoms with Crippen molar-refractivity contribution in [2.75, 3.05) is 22.4 Å². The standard InChI is InChI=1S/C23H19ClN4O4S2/c1-34(30,31)28(18-11-13-20(14-12-18)32-19-5-3-2-4-6-19)15-21(29)25-23-27-26-22(33-23)16-7-9-17(24)10-8-16/h2-14H,15H2,1H3,(H,25,27,29). The van der Waals surface area contributed by atoms with Gasteiger partial charge < -0.3 is 4.74 Å². The predicted octanol–water partition coefficient (Wildman–Crippen LogP) is 5.06. The fraction of sp³-hybridized carbons (Fsp3) is 0.0870. The number of carbonyl (C=O) groups is 1. The van der Waals surface area contributed by atoms with E-state index in [2.05, 4.69) is 15.5 Å². The zero-order chi connectivity index (χ0) is 24.1. The van der Waals surface area contributed by atoms with E-state index in [4.69, 9.17) is 16.3 Å². The number of para-hydroxylation sites is 1. The summed E-state index contributed by atoms with van der Waals surface area (Å²) in [5.41, 5.74) is 1.13. The smallest absolute Gasteiger partial charge is 0.246 e. The summed E-state index contributed by atoms with van der Waals surface area (Å²) in [6.45, 7) is -0.423. The SMILES string of the molecule is CS(=O)(=O)N(CC(=O)Nc1nnc(-c2ccc(Cl)cc2)s1)c1ccc(Oc2ccccc2)cc1. The van der Waals surface area contributed by atoms with E-state index in [1.807, 2.05) is 30.3 Å². The minimum atomic E-state index is -3.73. The Morgan fingerprint density at radius 1 is 0.971 bits per heavy atom. The molecule has 0 aliphatic heterocycles. The van der Waals surface area contributed by atoms with Gasteiger partial charge in [-0.2, -0.15) is 0 Å². The van der Waals surface area contributed by atoms with Crippen LogP contribution in [0.15, 0.2) is 78.9 Å². The third kappa shape index (κ3) is 6.10. The van der Waals surface area contributed by atoms with Crippen molar-refractivity contribution >= 4 is 49.7 Å². The van der Waals surface area contributed by atoms with E-state index in [9.17, 15) is 13.2 Å². The Hall–Kier alpha value is -3.47. The second-order valence-corrected chi connectivity index (χ2v) is 10.5. The van der Waals surface area contributed by atoms with Gasteiger partial charge in [-0.15, -0.1) is 10.2 Å². The molecule has 1 aromatic heterocycles. The molecule has 174 valence electrons. The lowest BCUT2D eigenvalue weighted by atomic mass is 10.2. The number of nitrogens with one attached hydrogen (secondary N) is 1. The van der Waals surface area contributed by atoms with Gasteiger partial charge in [0, 0.05) is 10.6 Å². The molecule has 4 rings (SSSR count). The van der Waals surface area contributed by atoms with Gasteiger partial charge in [0.05, 0.1) is 11.9 Å². The minimum absolute atomic E-state index is 0.259. The van der Waals surface area contributed by atoms with Gasteiger partial charge in [0.15, 0.2) is 0 Å². The number of benzene rings is 3. The van der Waals surface area contributed by atoms with Crippen LogP contribution in [0.5, 0.6) is 11.5 Å². The number of hydrogen-bond acceptors (Lipinski definition) is 7. The highest BCUT2D eigenvalue weighted by atomic mass is 35.5. The lowest BCUT2D eigenvalue weighted by Crippen LogP contribution is -2.37. The number of amides is 1. The summed E-state index contributed by atoms with van der Waals surface area (Å²) in [7, 11) is -3.73. The minimum Gasteiger partial charge on any atom is -0.457 e. The second-order valence-electron chi connectivity index (χ2n) is 7.15. The lowest BCUT2D eigenvalue weighted by molar-refractivity contribution is -0.114. The van der Waals surface area contributed by atoms with Gasteiger partial charge in [-0.25, -0.2) is 8.42 Å². The Morgan fingerprint density at radius 3 is 2.26 bits per heavy atom. The van der Waals surface area contributed by atoms with Crippen LogP contribution in [-0.2, 0) is 14.8 Å². The number of nitrogens with zero attached hydrogens (tertiary/aromatic N) is 3. The molecule has 0 fully saturated rings. The molecule has 1 amide bonds. The molecule has 0 unspecified atom stereocenters. The topological polar surface area (TPSA) is 101 Å². The Balaban J connectivity index is 1.44. The van der Waals surface area contributed by atoms with Crippen LogP contribution in [0.2, 0.25) is 5.02 Å². The van der Waals surface area contributed by atoms with Crippen molar-refractivity contribution in [2.24, 2.45) is 0 Å². The van der Waals surface area contributed by atoms with E-state index in [-0.39, 0.29) is 5.13 Å². The third-order valence-electron chi connectivity index (χ3n) is 4.55. The van der Waals surface area contributed by atoms with Crippen LogP contribution in [0, 0.1) is 0 Å². The molecule has 4 aromatic rings. The number of carbonyl (C=O) groups excluding carboxylic acids is 1. The Kier molecular flexibility index (Phi) is 7.11. The molecule has 11 heteroatoms. The molecule has 0 spiro atoms. The number of ether oxygens (including phenoxy) is 1. The molecule has 1 N–H and O–H groups in total. The van der Waals surface area contributed by atoms with Crippen LogP contribution in [0.3, 0.4) is 0 Å². The van der Waals surface area contributed by atoms with Crippen LogP contribution >= 0.6 is 22.9 Å². The van der Waals surface area contributed by atoms with E-state index >= 15 is 0 Å². The van der Waals surface area contributed by atoms with Crippen molar-refractivity contribution in [2.45, 2.75) is 0 Å². The average Bonchev–Trinajstić information content (AvgIpc) is 3.27. The molecule has 0 aliphatic rings. The Labute approximate surface area is 205 Å². The fourth-order valence-electron chi connectivity index (χ4n) is 2.98. The van der Waals surface area contributed by atoms with Crippen molar-refractivity contribution in [3.63, 3.8) is 0 Å². The average molecular weight is 515 g/mol. The molecule has 8 nitrogen and oxygen atoms in total. The van der Waals surface area contributed by atoms with Gasteiger partial charge in [-0.3, -0.25) is 14.4 Å². The fourth-order valence-corrected chi connectivity index (χ4v) is 4.72. The van der Waals surface area contributed by atoms with Crippen molar-refractivity contribution in [3.8, 4) is 22.1 Å². The largest absolute Gasteiger partial charge is 0.457 e. The Morgan fingerprint density at radius 2 is 1.62 bits per heavy atom. The zero-order valence-electron chi connectivity index (χ0n) is 17.9. The molecule has 1 heterocycles. The molecule has 0 atom stereocenters. The maximum absolute atomic E-state index is 12.6. The number of rotatable bonds is 8. The monoisotopic (exact) mass is 514 g/mol. The highest BCUT2D eigenvalue weighted by Crippen LogP contribution is 2.28. The third-order valence-corrected chi connectivity index (χ3v) is 6.83. The van der Waals surface area contributed by atoms with Crippen LogP contribution < -0.4 is 14.4 Å². The molecular formula is C23H19ClN4O4S2. The van der Waals surface area contributed by atoms with E-state index in [1.54, 1.807) is 48.5 Å². The van der Waals surface area contributed by atoms with E-state index in [1.165, 1.54) is 11.3 Å². The van der Waals surface area contributed by atoms with Crippen molar-refractivity contribution < 1.29 is 17.9 Å². The number of sulfonamides is 1. The van der Waals surface area contributed by atoms with Gasteiger partial charge in [-0.1, -0.05) is 53.3 Å². The summed E-state index contributed by atoms with van der Waals surface area (Å²) in [5, 5.41) is 12.1. The summed E-state index contributed by atoms with van der Waals surface area (Å²) in [4.78, 5) is 12.6. The summed E-state index contributed by atoms with van der Waals surface area (Å²) in [6.07, 6.45) is 1.04. The van der Waals surface area contributed by atoms with E-state index < -0.39 is 22.5 Å². The number of anilines is 2. The van der Waals surface area contributed by atoms with Crippen molar-refractivity contribution in [1.29, 1.82) is 0 Å². The molecule has 0 aliphatic carbocycles. The molecule has 0 bridgehead atoms. The van der Waals surface area contributed by atoms with E-state index in [0.717, 1.165) is 16.1 Å². The number of halogens is 1. The van der Waals surface area contributed by atoms with Gasteiger partial charge >= 0.3 is 0 Å². The number of hydrogen-bond donors (Lipinski definition) is 1. The van der Waals surface area contributed by atoms with Gasteiger partial charge in [0.25, 0.3) is 0 Å². The predicted molar refractivity (Wildman–Crippen MR) is 134 cm³/mol. The zero-order valence-corrected chi connectivity index (χ0v) is 20.3. The van der Waals surface area contributed by atoms with Crippen molar-refractivity contribution in [3.05, 3.63) is 83.9 Å². The van der Waals surface area contributed by atoms with Crippen molar-refractivity contribution in [1.82, 2.24) is 10.2 Å². The summed E-state index contributed by atoms with van der Waals surface area (Å²) < 4.78 is 31.5. The number of aromatic nitrogens is 2. The van der Waals surface area contributed by atoms with Crippen LogP contribution in [0.25, 0.3) is 10.6 Å². The summed E-state index contributed by atoms with van der Waals surface area (Å²) in [5.74, 6) is 0.648. The first kappa shape index (κ1) is 23.7. The second kappa shape index (κ2) is 10.2. The van der Waals surface area contributed by atoms with Crippen LogP contribution in [0.4, 0.5) is 10.8 Å². The first-order chi connectivity index (χ1) is 16.3. The summed E-state index contributed by atoms with van der Waals surface area (Å²) in [6, 6.07) is 22.7. The van der Waals surface area contributed by atoms with Gasteiger partial charge in [0.1, 0.15) is 23.1 Å². The summed E-state index contributed by atoms with van der Waals surface area (Å²) >= 11 is 7.08. The molecule has 0 radical (unpaired) electrons. The van der Waals surface area contributed by atoms with Gasteiger partial charge in [0.2, 0.25) is 21.1 Å². The normalized spacial score (nSPS) is 11.1. The maximum Gasteiger partial charge on any atom is 0.246 e. The molecule has 34 heavy (non-hydrogen) atoms. The molecule has 3 aromatic carbocycles. The highest BCUT2D eigenvalue weighted by molar-refractivity contribution is 7.92.